The van der Waals surface area contributed by atoms with Crippen molar-refractivity contribution in [2.24, 2.45) is 5.73 Å². The third-order valence-corrected chi connectivity index (χ3v) is 1.87. The first-order chi connectivity index (χ1) is 6.81. The van der Waals surface area contributed by atoms with Crippen LogP contribution in [0.2, 0.25) is 0 Å². The van der Waals surface area contributed by atoms with Gasteiger partial charge in [0.05, 0.1) is 5.39 Å². The van der Waals surface area contributed by atoms with Gasteiger partial charge in [0.2, 0.25) is 5.88 Å². The normalized spacial score (nSPS) is 10.7. The second kappa shape index (κ2) is 3.63. The molecule has 14 heavy (non-hydrogen) atoms. The highest BCUT2D eigenvalue weighted by Crippen LogP contribution is 2.23. The van der Waals surface area contributed by atoms with E-state index in [2.05, 4.69) is 10.5 Å². The van der Waals surface area contributed by atoms with E-state index in [1.54, 1.807) is 6.07 Å². The van der Waals surface area contributed by atoms with Crippen LogP contribution in [0.5, 0.6) is 0 Å². The van der Waals surface area contributed by atoms with E-state index in [9.17, 15) is 4.39 Å². The predicted octanol–water partition coefficient (Wildman–Crippen LogP) is 1.34. The van der Waals surface area contributed by atoms with Gasteiger partial charge in [0, 0.05) is 19.2 Å². The van der Waals surface area contributed by atoms with E-state index in [4.69, 9.17) is 10.3 Å². The number of anilines is 1. The fraction of sp³-hybridized carbons (Fsp3) is 0.222. The molecule has 0 radical (unpaired) electrons. The van der Waals surface area contributed by atoms with E-state index >= 15 is 0 Å². The van der Waals surface area contributed by atoms with Crippen molar-refractivity contribution in [3.63, 3.8) is 0 Å². The number of benzene rings is 1. The maximum atomic E-state index is 12.8. The van der Waals surface area contributed by atoms with Crippen molar-refractivity contribution in [3.8, 4) is 0 Å². The van der Waals surface area contributed by atoms with Gasteiger partial charge in [0.1, 0.15) is 11.3 Å². The lowest BCUT2D eigenvalue weighted by atomic mass is 10.2. The Hall–Kier alpha value is -1.62. The fourth-order valence-electron chi connectivity index (χ4n) is 1.23. The van der Waals surface area contributed by atoms with E-state index < -0.39 is 0 Å². The molecular formula is C9H10FN3O. The van der Waals surface area contributed by atoms with Gasteiger partial charge in [0.25, 0.3) is 0 Å². The molecule has 0 unspecified atom stereocenters. The summed E-state index contributed by atoms with van der Waals surface area (Å²) in [5, 5.41) is 7.44. The molecule has 0 saturated carbocycles. The van der Waals surface area contributed by atoms with Crippen molar-refractivity contribution in [1.29, 1.82) is 0 Å². The molecule has 0 aliphatic heterocycles. The van der Waals surface area contributed by atoms with Gasteiger partial charge in [-0.1, -0.05) is 5.16 Å². The van der Waals surface area contributed by atoms with Crippen LogP contribution >= 0.6 is 0 Å². The van der Waals surface area contributed by atoms with Gasteiger partial charge in [-0.05, 0) is 12.1 Å². The Morgan fingerprint density at radius 1 is 1.50 bits per heavy atom. The average molecular weight is 195 g/mol. The van der Waals surface area contributed by atoms with E-state index in [-0.39, 0.29) is 5.82 Å². The number of rotatable bonds is 3. The van der Waals surface area contributed by atoms with Crippen LogP contribution in [0.4, 0.5) is 10.3 Å². The third kappa shape index (κ3) is 1.54. The maximum absolute atomic E-state index is 12.8. The number of halogens is 1. The molecule has 0 bridgehead atoms. The van der Waals surface area contributed by atoms with Gasteiger partial charge in [-0.15, -0.1) is 0 Å². The average Bonchev–Trinajstić information content (AvgIpc) is 2.57. The van der Waals surface area contributed by atoms with E-state index in [1.807, 2.05) is 0 Å². The van der Waals surface area contributed by atoms with Gasteiger partial charge in [-0.3, -0.25) is 0 Å². The number of nitrogens with one attached hydrogen (secondary N) is 1. The van der Waals surface area contributed by atoms with Crippen LogP contribution in [-0.4, -0.2) is 18.2 Å². The standard InChI is InChI=1S/C9H10FN3O/c10-6-1-2-7-8(5-6)13-14-9(7)12-4-3-11/h1-2,5,12H,3-4,11H2. The number of hydrogen-bond donors (Lipinski definition) is 2. The number of nitrogens with zero attached hydrogens (tertiary/aromatic N) is 1. The number of fused-ring (bicyclic) bond motifs is 1. The van der Waals surface area contributed by atoms with Gasteiger partial charge in [-0.25, -0.2) is 4.39 Å². The highest BCUT2D eigenvalue weighted by Gasteiger charge is 2.07. The molecule has 0 saturated heterocycles. The van der Waals surface area contributed by atoms with Crippen molar-refractivity contribution in [2.45, 2.75) is 0 Å². The fourth-order valence-corrected chi connectivity index (χ4v) is 1.23. The van der Waals surface area contributed by atoms with Crippen LogP contribution in [0.15, 0.2) is 22.7 Å². The molecule has 0 amide bonds. The number of hydrogen-bond acceptors (Lipinski definition) is 4. The Kier molecular flexibility index (Phi) is 2.32. The van der Waals surface area contributed by atoms with Crippen molar-refractivity contribution >= 4 is 16.8 Å². The quantitative estimate of drug-likeness (QED) is 0.775. The first-order valence-corrected chi connectivity index (χ1v) is 4.30. The summed E-state index contributed by atoms with van der Waals surface area (Å²) in [6.07, 6.45) is 0. The van der Waals surface area contributed by atoms with Crippen molar-refractivity contribution in [1.82, 2.24) is 5.16 Å². The molecule has 0 aliphatic carbocycles. The van der Waals surface area contributed by atoms with Crippen molar-refractivity contribution in [3.05, 3.63) is 24.0 Å². The zero-order valence-corrected chi connectivity index (χ0v) is 7.46. The summed E-state index contributed by atoms with van der Waals surface area (Å²) in [6.45, 7) is 1.10. The zero-order chi connectivity index (χ0) is 9.97. The second-order valence-corrected chi connectivity index (χ2v) is 2.89. The summed E-state index contributed by atoms with van der Waals surface area (Å²) < 4.78 is 17.8. The van der Waals surface area contributed by atoms with Crippen LogP contribution in [0.1, 0.15) is 0 Å². The molecule has 1 aromatic carbocycles. The van der Waals surface area contributed by atoms with Crippen LogP contribution in [0.3, 0.4) is 0 Å². The van der Waals surface area contributed by atoms with Crippen molar-refractivity contribution in [2.75, 3.05) is 18.4 Å². The molecule has 5 heteroatoms. The zero-order valence-electron chi connectivity index (χ0n) is 7.46. The molecule has 4 nitrogen and oxygen atoms in total. The van der Waals surface area contributed by atoms with Gasteiger partial charge in [-0.2, -0.15) is 0 Å². The summed E-state index contributed by atoms with van der Waals surface area (Å²) in [7, 11) is 0. The van der Waals surface area contributed by atoms with E-state index in [0.717, 1.165) is 5.39 Å². The Balaban J connectivity index is 2.37. The lowest BCUT2D eigenvalue weighted by Gasteiger charge is -1.98. The minimum absolute atomic E-state index is 0.323. The summed E-state index contributed by atoms with van der Waals surface area (Å²) in [5.74, 6) is 0.210. The first-order valence-electron chi connectivity index (χ1n) is 4.30. The molecule has 3 N–H and O–H groups in total. The summed E-state index contributed by atoms with van der Waals surface area (Å²) in [5.41, 5.74) is 5.83. The topological polar surface area (TPSA) is 64.1 Å². The summed E-state index contributed by atoms with van der Waals surface area (Å²) >= 11 is 0. The molecular weight excluding hydrogens is 185 g/mol. The minimum Gasteiger partial charge on any atom is -0.352 e. The Bertz CT molecular complexity index is 441. The Labute approximate surface area is 79.9 Å². The van der Waals surface area contributed by atoms with E-state index in [1.165, 1.54) is 12.1 Å². The van der Waals surface area contributed by atoms with Crippen molar-refractivity contribution < 1.29 is 8.91 Å². The van der Waals surface area contributed by atoms with Gasteiger partial charge >= 0.3 is 0 Å². The molecule has 0 spiro atoms. The maximum Gasteiger partial charge on any atom is 0.232 e. The number of nitrogens with two attached hydrogens (primary N) is 1. The first kappa shape index (κ1) is 8.96. The lowest BCUT2D eigenvalue weighted by Crippen LogP contribution is -2.12. The summed E-state index contributed by atoms with van der Waals surface area (Å²) in [6, 6.07) is 4.32. The van der Waals surface area contributed by atoms with Gasteiger partial charge in [0.15, 0.2) is 0 Å². The molecule has 0 fully saturated rings. The van der Waals surface area contributed by atoms with Crippen LogP contribution in [0, 0.1) is 5.82 Å². The SMILES string of the molecule is NCCNc1onc2cc(F)ccc12. The van der Waals surface area contributed by atoms with Crippen LogP contribution in [-0.2, 0) is 0 Å². The van der Waals surface area contributed by atoms with E-state index in [0.29, 0.717) is 24.5 Å². The Morgan fingerprint density at radius 3 is 3.14 bits per heavy atom. The molecule has 2 aromatic rings. The molecule has 74 valence electrons. The smallest absolute Gasteiger partial charge is 0.232 e. The molecule has 1 aromatic heterocycles. The lowest BCUT2D eigenvalue weighted by molar-refractivity contribution is 0.440. The largest absolute Gasteiger partial charge is 0.352 e. The monoisotopic (exact) mass is 195 g/mol. The predicted molar refractivity (Wildman–Crippen MR) is 51.5 cm³/mol. The molecule has 0 aliphatic rings. The highest BCUT2D eigenvalue weighted by atomic mass is 19.1. The third-order valence-electron chi connectivity index (χ3n) is 1.87. The Morgan fingerprint density at radius 2 is 2.36 bits per heavy atom. The molecule has 2 rings (SSSR count). The summed E-state index contributed by atoms with van der Waals surface area (Å²) in [4.78, 5) is 0. The second-order valence-electron chi connectivity index (χ2n) is 2.89. The highest BCUT2D eigenvalue weighted by molar-refractivity contribution is 5.88. The molecule has 1 heterocycles. The van der Waals surface area contributed by atoms with Gasteiger partial charge < -0.3 is 15.6 Å². The van der Waals surface area contributed by atoms with Crippen LogP contribution in [0.25, 0.3) is 10.9 Å². The van der Waals surface area contributed by atoms with Crippen LogP contribution < -0.4 is 11.1 Å². The minimum atomic E-state index is -0.323. The number of aromatic nitrogens is 1. The molecule has 0 atom stereocenters.